The lowest BCUT2D eigenvalue weighted by Gasteiger charge is -2.40. The number of nitriles is 1. The highest BCUT2D eigenvalue weighted by molar-refractivity contribution is 6.32. The van der Waals surface area contributed by atoms with Crippen molar-refractivity contribution < 1.29 is 14.4 Å². The number of piperazine rings is 1. The van der Waals surface area contributed by atoms with Gasteiger partial charge in [-0.25, -0.2) is 9.97 Å². The number of piperidine rings is 3. The molecule has 2 aromatic carbocycles. The van der Waals surface area contributed by atoms with Gasteiger partial charge >= 0.3 is 0 Å². The van der Waals surface area contributed by atoms with Gasteiger partial charge in [0.2, 0.25) is 11.8 Å². The Morgan fingerprint density at radius 1 is 0.946 bits per heavy atom. The smallest absolute Gasteiger partial charge is 0.274 e. The first-order valence-electron chi connectivity index (χ1n) is 20.2. The Kier molecular flexibility index (Phi) is 11.0. The first-order chi connectivity index (χ1) is 27.1. The number of aromatic nitrogens is 2. The average molecular weight is 779 g/mol. The van der Waals surface area contributed by atoms with Crippen molar-refractivity contribution in [3.8, 4) is 6.07 Å². The van der Waals surface area contributed by atoms with Crippen LogP contribution in [0.15, 0.2) is 54.9 Å². The number of hydrogen-bond acceptors (Lipinski definition) is 11. The maximum absolute atomic E-state index is 13.5. The molecule has 8 rings (SSSR count). The molecule has 5 aliphatic rings. The molecule has 0 radical (unpaired) electrons. The maximum atomic E-state index is 13.5. The topological polar surface area (TPSA) is 141 Å². The Hall–Kier alpha value is -4.93. The number of nitrogens with one attached hydrogen (secondary N) is 2. The van der Waals surface area contributed by atoms with Gasteiger partial charge in [0.1, 0.15) is 23.6 Å². The van der Waals surface area contributed by atoms with E-state index in [0.717, 1.165) is 120 Å². The number of nitrogens with zero attached hydrogens (tertiary/aromatic N) is 8. The SMILES string of the molecule is C[C@H]1CC2(CCN(c3cnc(C(=O)N4CCC(CN5CCN(c6cccc(NC7CCC(=O)NC7=O)c6)CC5)CC4)cn3)CC2)CN1c1ccc(C#N)c(Cl)c1. The van der Waals surface area contributed by atoms with Crippen molar-refractivity contribution >= 4 is 52.2 Å². The summed E-state index contributed by atoms with van der Waals surface area (Å²) in [5.74, 6) is 0.875. The highest BCUT2D eigenvalue weighted by atomic mass is 35.5. The van der Waals surface area contributed by atoms with Gasteiger partial charge in [-0.2, -0.15) is 5.26 Å². The summed E-state index contributed by atoms with van der Waals surface area (Å²) < 4.78 is 0. The van der Waals surface area contributed by atoms with Crippen molar-refractivity contribution in [2.45, 2.75) is 64.0 Å². The lowest BCUT2D eigenvalue weighted by molar-refractivity contribution is -0.133. The van der Waals surface area contributed by atoms with Gasteiger partial charge in [-0.15, -0.1) is 0 Å². The Bertz CT molecular complexity index is 1960. The molecule has 2 atom stereocenters. The Morgan fingerprint density at radius 3 is 2.43 bits per heavy atom. The Morgan fingerprint density at radius 2 is 1.73 bits per heavy atom. The van der Waals surface area contributed by atoms with E-state index in [1.807, 2.05) is 35.2 Å². The normalized spacial score (nSPS) is 23.3. The van der Waals surface area contributed by atoms with E-state index >= 15 is 0 Å². The zero-order valence-electron chi connectivity index (χ0n) is 32.1. The highest BCUT2D eigenvalue weighted by Crippen LogP contribution is 2.45. The number of anilines is 4. The molecule has 5 aliphatic heterocycles. The number of likely N-dealkylation sites (tertiary alicyclic amines) is 1. The molecule has 5 saturated heterocycles. The molecule has 0 bridgehead atoms. The summed E-state index contributed by atoms with van der Waals surface area (Å²) in [6.07, 6.45) is 9.48. The van der Waals surface area contributed by atoms with Crippen LogP contribution >= 0.6 is 11.6 Å². The average Bonchev–Trinajstić information content (AvgIpc) is 3.54. The molecule has 1 aromatic heterocycles. The standard InChI is InChI=1S/C42H51ClN10O3/c1-29-23-42(28-53(29)34-6-5-31(24-44)35(43)22-34)11-15-51(16-12-42)38-26-45-37(25-46-38)41(56)52-13-9-30(10-14-52)27-49-17-19-50(20-18-49)33-4-2-3-32(21-33)47-36-7-8-39(54)48-40(36)55/h2-6,21-22,25-26,29-30,36,47H,7-20,23,27-28H2,1H3,(H,48,54,55)/t29-,36?/m0/s1. The quantitative estimate of drug-likeness (QED) is 0.306. The second kappa shape index (κ2) is 16.3. The molecular formula is C42H51ClN10O3. The zero-order chi connectivity index (χ0) is 38.8. The number of benzene rings is 2. The van der Waals surface area contributed by atoms with Crippen LogP contribution in [0.25, 0.3) is 0 Å². The molecule has 1 unspecified atom stereocenters. The predicted octanol–water partition coefficient (Wildman–Crippen LogP) is 4.78. The number of hydrogen-bond donors (Lipinski definition) is 2. The summed E-state index contributed by atoms with van der Waals surface area (Å²) in [5.41, 5.74) is 4.24. The summed E-state index contributed by atoms with van der Waals surface area (Å²) in [5, 5.41) is 15.5. The van der Waals surface area contributed by atoms with Gasteiger partial charge in [0.05, 0.1) is 23.0 Å². The van der Waals surface area contributed by atoms with Crippen LogP contribution in [0.2, 0.25) is 5.02 Å². The molecule has 56 heavy (non-hydrogen) atoms. The summed E-state index contributed by atoms with van der Waals surface area (Å²) in [4.78, 5) is 58.1. The monoisotopic (exact) mass is 778 g/mol. The van der Waals surface area contributed by atoms with Gasteiger partial charge in [0.15, 0.2) is 0 Å². The van der Waals surface area contributed by atoms with Crippen molar-refractivity contribution in [2.75, 3.05) is 85.5 Å². The van der Waals surface area contributed by atoms with E-state index in [1.54, 1.807) is 12.4 Å². The summed E-state index contributed by atoms with van der Waals surface area (Å²) in [7, 11) is 0. The van der Waals surface area contributed by atoms with Crippen molar-refractivity contribution in [3.63, 3.8) is 0 Å². The molecule has 2 N–H and O–H groups in total. The minimum atomic E-state index is -0.396. The fraction of sp³-hybridized carbons (Fsp3) is 0.524. The Balaban J connectivity index is 0.762. The fourth-order valence-electron chi connectivity index (χ4n) is 9.46. The van der Waals surface area contributed by atoms with E-state index in [-0.39, 0.29) is 23.1 Å². The van der Waals surface area contributed by atoms with Gasteiger partial charge in [-0.05, 0) is 93.2 Å². The lowest BCUT2D eigenvalue weighted by Crippen LogP contribution is -2.49. The highest BCUT2D eigenvalue weighted by Gasteiger charge is 2.44. The van der Waals surface area contributed by atoms with E-state index in [9.17, 15) is 19.6 Å². The zero-order valence-corrected chi connectivity index (χ0v) is 32.9. The van der Waals surface area contributed by atoms with Crippen LogP contribution in [-0.4, -0.2) is 115 Å². The first kappa shape index (κ1) is 38.0. The van der Waals surface area contributed by atoms with Crippen molar-refractivity contribution in [1.82, 2.24) is 25.1 Å². The van der Waals surface area contributed by atoms with Crippen LogP contribution in [0.5, 0.6) is 0 Å². The van der Waals surface area contributed by atoms with Gasteiger partial charge < -0.3 is 24.9 Å². The number of amides is 3. The number of halogens is 1. The lowest BCUT2D eigenvalue weighted by atomic mass is 9.77. The molecule has 6 heterocycles. The molecular weight excluding hydrogens is 728 g/mol. The van der Waals surface area contributed by atoms with Crippen LogP contribution in [-0.2, 0) is 9.59 Å². The number of carbonyl (C=O) groups is 3. The molecule has 5 fully saturated rings. The second-order valence-corrected chi connectivity index (χ2v) is 16.8. The van der Waals surface area contributed by atoms with Crippen LogP contribution in [0.4, 0.5) is 22.9 Å². The van der Waals surface area contributed by atoms with E-state index in [4.69, 9.17) is 16.6 Å². The third kappa shape index (κ3) is 8.27. The van der Waals surface area contributed by atoms with Crippen LogP contribution in [0.1, 0.15) is 67.9 Å². The summed E-state index contributed by atoms with van der Waals surface area (Å²) >= 11 is 6.37. The van der Waals surface area contributed by atoms with Gasteiger partial charge in [0, 0.05) is 95.0 Å². The van der Waals surface area contributed by atoms with Gasteiger partial charge in [-0.1, -0.05) is 17.7 Å². The molecule has 13 nitrogen and oxygen atoms in total. The number of rotatable bonds is 8. The third-order valence-electron chi connectivity index (χ3n) is 12.8. The summed E-state index contributed by atoms with van der Waals surface area (Å²) in [6.45, 7) is 11.4. The Labute approximate surface area is 334 Å². The van der Waals surface area contributed by atoms with Crippen molar-refractivity contribution in [1.29, 1.82) is 5.26 Å². The molecule has 0 saturated carbocycles. The van der Waals surface area contributed by atoms with E-state index < -0.39 is 6.04 Å². The van der Waals surface area contributed by atoms with Crippen LogP contribution < -0.4 is 25.3 Å². The molecule has 3 amide bonds. The third-order valence-corrected chi connectivity index (χ3v) is 13.1. The van der Waals surface area contributed by atoms with E-state index in [0.29, 0.717) is 41.1 Å². The van der Waals surface area contributed by atoms with Gasteiger partial charge in [-0.3, -0.25) is 24.6 Å². The first-order valence-corrected chi connectivity index (χ1v) is 20.5. The maximum Gasteiger partial charge on any atom is 0.274 e. The molecule has 1 spiro atoms. The van der Waals surface area contributed by atoms with Crippen molar-refractivity contribution in [3.05, 3.63) is 71.1 Å². The minimum absolute atomic E-state index is 0.0361. The molecule has 3 aromatic rings. The number of imide groups is 1. The minimum Gasteiger partial charge on any atom is -0.374 e. The second-order valence-electron chi connectivity index (χ2n) is 16.4. The van der Waals surface area contributed by atoms with E-state index in [1.165, 1.54) is 0 Å². The van der Waals surface area contributed by atoms with Gasteiger partial charge in [0.25, 0.3) is 5.91 Å². The van der Waals surface area contributed by atoms with Crippen molar-refractivity contribution in [2.24, 2.45) is 11.3 Å². The molecule has 14 heteroatoms. The molecule has 294 valence electrons. The predicted molar refractivity (Wildman–Crippen MR) is 217 cm³/mol. The van der Waals surface area contributed by atoms with Crippen LogP contribution in [0.3, 0.4) is 0 Å². The number of carbonyl (C=O) groups excluding carboxylic acids is 3. The van der Waals surface area contributed by atoms with E-state index in [2.05, 4.69) is 60.3 Å². The molecule has 0 aliphatic carbocycles. The fourth-order valence-corrected chi connectivity index (χ4v) is 9.68. The van der Waals surface area contributed by atoms with Crippen LogP contribution in [0, 0.1) is 22.7 Å². The largest absolute Gasteiger partial charge is 0.374 e. The summed E-state index contributed by atoms with van der Waals surface area (Å²) in [6, 6.07) is 16.1.